The Morgan fingerprint density at radius 1 is 1.07 bits per heavy atom. The summed E-state index contributed by atoms with van der Waals surface area (Å²) in [6.07, 6.45) is 1.11. The van der Waals surface area contributed by atoms with Gasteiger partial charge in [-0.05, 0) is 76.9 Å². The van der Waals surface area contributed by atoms with Crippen molar-refractivity contribution >= 4 is 35.3 Å². The summed E-state index contributed by atoms with van der Waals surface area (Å²) < 4.78 is 5.64. The maximum Gasteiger partial charge on any atom is 0.410 e. The van der Waals surface area contributed by atoms with Gasteiger partial charge in [0.15, 0.2) is 0 Å². The molecular formula is C31H41N7O4. The Morgan fingerprint density at radius 3 is 2.48 bits per heavy atom. The zero-order valence-electron chi connectivity index (χ0n) is 25.6. The molecule has 1 aliphatic heterocycles. The fourth-order valence-corrected chi connectivity index (χ4v) is 4.80. The molecule has 11 heteroatoms. The van der Waals surface area contributed by atoms with Crippen LogP contribution < -0.4 is 16.0 Å². The first kappa shape index (κ1) is 30.7. The Bertz CT molecular complexity index is 1470. The maximum absolute atomic E-state index is 12.9. The number of carbonyl (C=O) groups excluding carboxylic acids is 2. The second kappa shape index (κ2) is 11.6. The summed E-state index contributed by atoms with van der Waals surface area (Å²) in [6, 6.07) is 11.2. The molecule has 4 rings (SSSR count). The number of nitrogens with one attached hydrogen (secondary N) is 3. The molecule has 42 heavy (non-hydrogen) atoms. The van der Waals surface area contributed by atoms with Crippen LogP contribution in [0, 0.1) is 0 Å². The van der Waals surface area contributed by atoms with E-state index in [1.54, 1.807) is 36.9 Å². The van der Waals surface area contributed by atoms with Gasteiger partial charge < -0.3 is 30.7 Å². The molecule has 4 N–H and O–H groups in total. The normalized spacial score (nSPS) is 14.5. The van der Waals surface area contributed by atoms with Gasteiger partial charge in [0, 0.05) is 36.9 Å². The van der Waals surface area contributed by atoms with Gasteiger partial charge in [-0.15, -0.1) is 0 Å². The molecule has 11 nitrogen and oxygen atoms in total. The van der Waals surface area contributed by atoms with Gasteiger partial charge in [0.25, 0.3) is 5.91 Å². The number of carbonyl (C=O) groups is 2. The van der Waals surface area contributed by atoms with Crippen molar-refractivity contribution in [3.05, 3.63) is 65.0 Å². The third-order valence-corrected chi connectivity index (χ3v) is 6.68. The Kier molecular flexibility index (Phi) is 8.45. The molecule has 0 saturated heterocycles. The average Bonchev–Trinajstić information content (AvgIpc) is 2.87. The number of nitrogens with zero attached hydrogens (tertiary/aromatic N) is 4. The van der Waals surface area contributed by atoms with Crippen molar-refractivity contribution in [2.24, 2.45) is 0 Å². The summed E-state index contributed by atoms with van der Waals surface area (Å²) in [5.74, 6) is 0.615. The molecule has 0 fully saturated rings. The van der Waals surface area contributed by atoms with Crippen LogP contribution in [-0.2, 0) is 22.3 Å². The van der Waals surface area contributed by atoms with Gasteiger partial charge in [-0.2, -0.15) is 4.98 Å². The molecule has 0 spiro atoms. The number of ether oxygens (including phenoxy) is 1. The number of hydrogen-bond acceptors (Lipinski definition) is 9. The number of anilines is 4. The zero-order valence-corrected chi connectivity index (χ0v) is 25.6. The Balaban J connectivity index is 1.63. The van der Waals surface area contributed by atoms with Crippen molar-refractivity contribution < 1.29 is 19.4 Å². The minimum Gasteiger partial charge on any atom is -0.444 e. The smallest absolute Gasteiger partial charge is 0.410 e. The summed E-state index contributed by atoms with van der Waals surface area (Å²) in [4.78, 5) is 40.9. The highest BCUT2D eigenvalue weighted by atomic mass is 16.6. The maximum atomic E-state index is 12.9. The fraction of sp³-hybridized carbons (Fsp3) is 0.452. The van der Waals surface area contributed by atoms with Gasteiger partial charge in [-0.3, -0.25) is 4.79 Å². The number of rotatable bonds is 7. The van der Waals surface area contributed by atoms with Gasteiger partial charge in [-0.25, -0.2) is 14.8 Å². The van der Waals surface area contributed by atoms with Crippen LogP contribution in [0.5, 0.6) is 0 Å². The van der Waals surface area contributed by atoms with Crippen molar-refractivity contribution in [1.29, 1.82) is 0 Å². The third-order valence-electron chi connectivity index (χ3n) is 6.68. The second-order valence-electron chi connectivity index (χ2n) is 12.6. The zero-order chi connectivity index (χ0) is 30.9. The highest BCUT2D eigenvalue weighted by Crippen LogP contribution is 2.36. The molecule has 3 heterocycles. The lowest BCUT2D eigenvalue weighted by atomic mass is 9.78. The number of fused-ring (bicyclic) bond motifs is 1. The van der Waals surface area contributed by atoms with Crippen LogP contribution in [0.2, 0.25) is 0 Å². The molecule has 1 aliphatic rings. The summed E-state index contributed by atoms with van der Waals surface area (Å²) in [5.41, 5.74) is 1.60. The van der Waals surface area contributed by atoms with Crippen LogP contribution in [0.4, 0.5) is 28.1 Å². The van der Waals surface area contributed by atoms with E-state index >= 15 is 0 Å². The molecule has 0 saturated carbocycles. The first-order valence-electron chi connectivity index (χ1n) is 14.1. The summed E-state index contributed by atoms with van der Waals surface area (Å²) in [5, 5.41) is 19.5. The van der Waals surface area contributed by atoms with E-state index in [1.807, 2.05) is 39.8 Å². The van der Waals surface area contributed by atoms with E-state index in [2.05, 4.69) is 50.8 Å². The van der Waals surface area contributed by atoms with E-state index in [1.165, 1.54) is 6.20 Å². The number of aromatic nitrogens is 3. The number of pyridine rings is 1. The van der Waals surface area contributed by atoms with E-state index in [0.29, 0.717) is 31.1 Å². The quantitative estimate of drug-likeness (QED) is 0.293. The predicted octanol–water partition coefficient (Wildman–Crippen LogP) is 5.36. The van der Waals surface area contributed by atoms with Gasteiger partial charge in [-0.1, -0.05) is 26.0 Å². The van der Waals surface area contributed by atoms with Crippen molar-refractivity contribution in [1.82, 2.24) is 25.2 Å². The Hall–Kier alpha value is -4.25. The fourth-order valence-electron chi connectivity index (χ4n) is 4.80. The minimum absolute atomic E-state index is 0.248. The first-order chi connectivity index (χ1) is 19.6. The topological polar surface area (TPSA) is 142 Å². The monoisotopic (exact) mass is 575 g/mol. The summed E-state index contributed by atoms with van der Waals surface area (Å²) >= 11 is 0. The molecule has 0 aliphatic carbocycles. The van der Waals surface area contributed by atoms with Crippen molar-refractivity contribution in [3.8, 4) is 0 Å². The SMILES string of the molecule is CCNC(=O)c1cnc(Nc2ccc3c(c2)CN(C(=O)OC(C)(C)C)CC3(C)C)nc1Nc1cccc(C(C)(C)O)n1. The van der Waals surface area contributed by atoms with Crippen molar-refractivity contribution in [3.63, 3.8) is 0 Å². The van der Waals surface area contributed by atoms with Crippen LogP contribution in [0.1, 0.15) is 82.6 Å². The van der Waals surface area contributed by atoms with Crippen LogP contribution in [-0.4, -0.2) is 55.6 Å². The predicted molar refractivity (Wildman–Crippen MR) is 162 cm³/mol. The van der Waals surface area contributed by atoms with Gasteiger partial charge in [0.05, 0.1) is 5.69 Å². The van der Waals surface area contributed by atoms with Crippen LogP contribution >= 0.6 is 0 Å². The van der Waals surface area contributed by atoms with E-state index in [0.717, 1.165) is 16.8 Å². The van der Waals surface area contributed by atoms with E-state index in [9.17, 15) is 14.7 Å². The average molecular weight is 576 g/mol. The lowest BCUT2D eigenvalue weighted by molar-refractivity contribution is 0.0174. The highest BCUT2D eigenvalue weighted by Gasteiger charge is 2.35. The van der Waals surface area contributed by atoms with Crippen molar-refractivity contribution in [2.45, 2.75) is 78.6 Å². The van der Waals surface area contributed by atoms with Crippen LogP contribution in [0.15, 0.2) is 42.6 Å². The molecule has 2 aromatic heterocycles. The van der Waals surface area contributed by atoms with E-state index in [4.69, 9.17) is 4.74 Å². The van der Waals surface area contributed by atoms with Gasteiger partial charge in [0.2, 0.25) is 5.95 Å². The molecule has 0 bridgehead atoms. The van der Waals surface area contributed by atoms with Gasteiger partial charge in [0.1, 0.15) is 28.4 Å². The molecule has 0 radical (unpaired) electrons. The van der Waals surface area contributed by atoms with Gasteiger partial charge >= 0.3 is 6.09 Å². The third kappa shape index (κ3) is 7.33. The van der Waals surface area contributed by atoms with E-state index < -0.39 is 11.2 Å². The van der Waals surface area contributed by atoms with Crippen LogP contribution in [0.3, 0.4) is 0 Å². The summed E-state index contributed by atoms with van der Waals surface area (Å²) in [7, 11) is 0. The number of amides is 2. The number of aliphatic hydroxyl groups is 1. The lowest BCUT2D eigenvalue weighted by Crippen LogP contribution is -2.46. The molecule has 0 atom stereocenters. The highest BCUT2D eigenvalue weighted by molar-refractivity contribution is 5.99. The molecule has 224 valence electrons. The second-order valence-corrected chi connectivity index (χ2v) is 12.6. The molecule has 1 aromatic carbocycles. The lowest BCUT2D eigenvalue weighted by Gasteiger charge is -2.40. The molecule has 3 aromatic rings. The Morgan fingerprint density at radius 2 is 1.81 bits per heavy atom. The molecule has 0 unspecified atom stereocenters. The number of benzene rings is 1. The Labute approximate surface area is 247 Å². The molecular weight excluding hydrogens is 534 g/mol. The largest absolute Gasteiger partial charge is 0.444 e. The van der Waals surface area contributed by atoms with E-state index in [-0.39, 0.29) is 34.7 Å². The minimum atomic E-state index is -1.14. The summed E-state index contributed by atoms with van der Waals surface area (Å²) in [6.45, 7) is 16.3. The first-order valence-corrected chi connectivity index (χ1v) is 14.1. The van der Waals surface area contributed by atoms with Crippen LogP contribution in [0.25, 0.3) is 0 Å². The van der Waals surface area contributed by atoms with Crippen molar-refractivity contribution in [2.75, 3.05) is 23.7 Å². The standard InChI is InChI=1S/C31H41N7O4/c1-9-32-26(39)21-16-33-27(37-25(21)36-24-12-10-11-23(35-24)31(7,8)41)34-20-13-14-22-19(15-20)17-38(18-30(22,5)6)28(40)42-29(2,3)4/h10-16,41H,9,17-18H2,1-8H3,(H,32,39)(H2,33,34,35,36,37). The molecule has 2 amide bonds. The number of hydrogen-bond donors (Lipinski definition) is 4.